The van der Waals surface area contributed by atoms with Crippen LogP contribution in [0.5, 0.6) is 5.75 Å². The normalized spacial score (nSPS) is 16.8. The molecule has 1 saturated heterocycles. The summed E-state index contributed by atoms with van der Waals surface area (Å²) in [6.07, 6.45) is 0. The Labute approximate surface area is 213 Å². The topological polar surface area (TPSA) is 130 Å². The third-order valence-corrected chi connectivity index (χ3v) is 8.71. The minimum absolute atomic E-state index is 0.0190. The van der Waals surface area contributed by atoms with Gasteiger partial charge in [0, 0.05) is 61.8 Å². The number of nitrogens with zero attached hydrogens (tertiary/aromatic N) is 4. The second kappa shape index (κ2) is 9.54. The van der Waals surface area contributed by atoms with Gasteiger partial charge in [-0.25, -0.2) is 8.42 Å². The third kappa shape index (κ3) is 4.32. The van der Waals surface area contributed by atoms with E-state index in [9.17, 15) is 28.1 Å². The van der Waals surface area contributed by atoms with Crippen LogP contribution < -0.4 is 4.74 Å². The van der Waals surface area contributed by atoms with Gasteiger partial charge in [-0.05, 0) is 29.7 Å². The fourth-order valence-electron chi connectivity index (χ4n) is 4.84. The zero-order valence-corrected chi connectivity index (χ0v) is 20.8. The molecule has 37 heavy (non-hydrogen) atoms. The van der Waals surface area contributed by atoms with Crippen LogP contribution in [-0.2, 0) is 10.0 Å². The number of ether oxygens (including phenoxy) is 1. The average Bonchev–Trinajstić information content (AvgIpc) is 2.91. The van der Waals surface area contributed by atoms with E-state index in [-0.39, 0.29) is 42.1 Å². The molecule has 0 radical (unpaired) electrons. The van der Waals surface area contributed by atoms with Gasteiger partial charge in [-0.3, -0.25) is 29.5 Å². The van der Waals surface area contributed by atoms with Gasteiger partial charge in [-0.2, -0.15) is 4.31 Å². The molecule has 1 fully saturated rings. The highest BCUT2D eigenvalue weighted by molar-refractivity contribution is 7.89. The molecule has 12 heteroatoms. The number of carbonyl (C=O) groups excluding carboxylic acids is 2. The quantitative estimate of drug-likeness (QED) is 0.262. The van der Waals surface area contributed by atoms with Crippen LogP contribution in [0.25, 0.3) is 10.8 Å². The van der Waals surface area contributed by atoms with E-state index >= 15 is 0 Å². The zero-order chi connectivity index (χ0) is 26.3. The Kier molecular flexibility index (Phi) is 6.40. The van der Waals surface area contributed by atoms with Gasteiger partial charge >= 0.3 is 5.69 Å². The smallest absolute Gasteiger partial charge is 0.312 e. The van der Waals surface area contributed by atoms with Gasteiger partial charge < -0.3 is 4.74 Å². The van der Waals surface area contributed by atoms with Gasteiger partial charge in [0.1, 0.15) is 0 Å². The van der Waals surface area contributed by atoms with Crippen molar-refractivity contribution in [3.8, 4) is 5.75 Å². The molecule has 0 atom stereocenters. The molecule has 3 aromatic carbocycles. The minimum Gasteiger partial charge on any atom is -0.490 e. The van der Waals surface area contributed by atoms with Crippen LogP contribution in [0.4, 0.5) is 5.69 Å². The Bertz CT molecular complexity index is 1480. The predicted octanol–water partition coefficient (Wildman–Crippen LogP) is 2.36. The minimum atomic E-state index is -3.95. The van der Waals surface area contributed by atoms with Gasteiger partial charge in [0.25, 0.3) is 11.8 Å². The first-order chi connectivity index (χ1) is 17.7. The van der Waals surface area contributed by atoms with E-state index in [2.05, 4.69) is 0 Å². The summed E-state index contributed by atoms with van der Waals surface area (Å²) in [6, 6.07) is 14.3. The van der Waals surface area contributed by atoms with Crippen molar-refractivity contribution >= 4 is 38.3 Å². The van der Waals surface area contributed by atoms with E-state index in [4.69, 9.17) is 4.74 Å². The summed E-state index contributed by atoms with van der Waals surface area (Å²) < 4.78 is 32.5. The predicted molar refractivity (Wildman–Crippen MR) is 134 cm³/mol. The van der Waals surface area contributed by atoms with Crippen LogP contribution >= 0.6 is 0 Å². The summed E-state index contributed by atoms with van der Waals surface area (Å²) in [7, 11) is -2.67. The molecule has 0 saturated carbocycles. The Morgan fingerprint density at radius 1 is 0.919 bits per heavy atom. The number of rotatable bonds is 7. The molecule has 0 bridgehead atoms. The molecule has 0 N–H and O–H groups in total. The second-order valence-corrected chi connectivity index (χ2v) is 10.7. The number of benzene rings is 3. The molecular weight excluding hydrogens is 500 g/mol. The summed E-state index contributed by atoms with van der Waals surface area (Å²) in [5.41, 5.74) is 0.574. The van der Waals surface area contributed by atoms with Crippen molar-refractivity contribution in [2.75, 3.05) is 46.4 Å². The molecule has 2 heterocycles. The molecule has 0 spiro atoms. The molecule has 11 nitrogen and oxygen atoms in total. The lowest BCUT2D eigenvalue weighted by Gasteiger charge is -2.35. The SMILES string of the molecule is COc1ccc(S(=O)(=O)N2CCN(CCN3C(=O)c4cccc5cccc(c45)C3=O)CC2)cc1[N+](=O)[O-]. The standard InChI is InChI=1S/C25H24N4O7S/c1-36-22-9-8-18(16-21(22)29(32)33)37(34,35)27-13-10-26(11-14-27)12-15-28-24(30)19-6-2-4-17-5-3-7-20(23(17)19)25(28)31/h2-9,16H,10-15H2,1H3. The zero-order valence-electron chi connectivity index (χ0n) is 20.0. The monoisotopic (exact) mass is 524 g/mol. The van der Waals surface area contributed by atoms with Gasteiger partial charge in [0.2, 0.25) is 10.0 Å². The van der Waals surface area contributed by atoms with Gasteiger partial charge in [-0.15, -0.1) is 0 Å². The highest BCUT2D eigenvalue weighted by Gasteiger charge is 2.34. The fraction of sp³-hybridized carbons (Fsp3) is 0.280. The summed E-state index contributed by atoms with van der Waals surface area (Å²) in [5.74, 6) is -0.692. The van der Waals surface area contributed by atoms with Crippen LogP contribution in [0.15, 0.2) is 59.5 Å². The van der Waals surface area contributed by atoms with E-state index in [0.29, 0.717) is 36.1 Å². The van der Waals surface area contributed by atoms with Crippen molar-refractivity contribution in [2.45, 2.75) is 4.90 Å². The third-order valence-electron chi connectivity index (χ3n) is 6.81. The maximum atomic E-state index is 13.1. The second-order valence-electron chi connectivity index (χ2n) is 8.81. The van der Waals surface area contributed by atoms with E-state index in [1.807, 2.05) is 17.0 Å². The number of carbonyl (C=O) groups is 2. The molecular formula is C25H24N4O7S. The first-order valence-corrected chi connectivity index (χ1v) is 13.1. The lowest BCUT2D eigenvalue weighted by Crippen LogP contribution is -2.51. The van der Waals surface area contributed by atoms with Crippen molar-refractivity contribution in [3.05, 3.63) is 75.8 Å². The summed E-state index contributed by atoms with van der Waals surface area (Å²) in [5, 5.41) is 12.8. The molecule has 5 rings (SSSR count). The molecule has 0 aliphatic carbocycles. The van der Waals surface area contributed by atoms with E-state index in [0.717, 1.165) is 11.5 Å². The lowest BCUT2D eigenvalue weighted by atomic mass is 9.94. The van der Waals surface area contributed by atoms with E-state index in [1.165, 1.54) is 28.4 Å². The highest BCUT2D eigenvalue weighted by atomic mass is 32.2. The number of nitro benzene ring substituents is 1. The van der Waals surface area contributed by atoms with Gasteiger partial charge in [-0.1, -0.05) is 24.3 Å². The number of piperazine rings is 1. The molecule has 3 aromatic rings. The van der Waals surface area contributed by atoms with Crippen molar-refractivity contribution in [1.29, 1.82) is 0 Å². The molecule has 2 aliphatic rings. The Morgan fingerprint density at radius 3 is 2.11 bits per heavy atom. The van der Waals surface area contributed by atoms with Crippen LogP contribution in [0, 0.1) is 10.1 Å². The molecule has 0 aromatic heterocycles. The van der Waals surface area contributed by atoms with E-state index < -0.39 is 20.6 Å². The molecule has 0 unspecified atom stereocenters. The summed E-state index contributed by atoms with van der Waals surface area (Å²) >= 11 is 0. The van der Waals surface area contributed by atoms with Crippen LogP contribution in [0.1, 0.15) is 20.7 Å². The maximum Gasteiger partial charge on any atom is 0.312 e. The first kappa shape index (κ1) is 24.8. The summed E-state index contributed by atoms with van der Waals surface area (Å²) in [6.45, 7) is 1.70. The number of imide groups is 1. The molecule has 2 aliphatic heterocycles. The Balaban J connectivity index is 1.24. The lowest BCUT2D eigenvalue weighted by molar-refractivity contribution is -0.386. The first-order valence-electron chi connectivity index (χ1n) is 11.7. The van der Waals surface area contributed by atoms with Crippen molar-refractivity contribution in [3.63, 3.8) is 0 Å². The average molecular weight is 525 g/mol. The number of sulfonamides is 1. The highest BCUT2D eigenvalue weighted by Crippen LogP contribution is 2.32. The van der Waals surface area contributed by atoms with E-state index in [1.54, 1.807) is 24.3 Å². The number of methoxy groups -OCH3 is 1. The largest absolute Gasteiger partial charge is 0.490 e. The Morgan fingerprint density at radius 2 is 1.54 bits per heavy atom. The van der Waals surface area contributed by atoms with Crippen molar-refractivity contribution < 1.29 is 27.7 Å². The number of hydrogen-bond acceptors (Lipinski definition) is 8. The number of amides is 2. The van der Waals surface area contributed by atoms with Crippen LogP contribution in [-0.4, -0.2) is 85.6 Å². The Hall–Kier alpha value is -3.87. The number of nitro groups is 1. The fourth-order valence-corrected chi connectivity index (χ4v) is 6.28. The maximum absolute atomic E-state index is 13.1. The molecule has 192 valence electrons. The van der Waals surface area contributed by atoms with Crippen molar-refractivity contribution in [1.82, 2.24) is 14.1 Å². The molecule has 2 amide bonds. The van der Waals surface area contributed by atoms with Crippen molar-refractivity contribution in [2.24, 2.45) is 0 Å². The summed E-state index contributed by atoms with van der Waals surface area (Å²) in [4.78, 5) is 39.9. The van der Waals surface area contributed by atoms with Gasteiger partial charge in [0.05, 0.1) is 16.9 Å². The van der Waals surface area contributed by atoms with Gasteiger partial charge in [0.15, 0.2) is 5.75 Å². The van der Waals surface area contributed by atoms with Crippen LogP contribution in [0.3, 0.4) is 0 Å². The van der Waals surface area contributed by atoms with Crippen LogP contribution in [0.2, 0.25) is 0 Å². The number of hydrogen-bond donors (Lipinski definition) is 0.